The van der Waals surface area contributed by atoms with Crippen molar-refractivity contribution in [2.75, 3.05) is 72.0 Å². The van der Waals surface area contributed by atoms with Crippen LogP contribution in [0.4, 0.5) is 5.69 Å². The average Bonchev–Trinajstić information content (AvgIpc) is 2.79. The first-order valence-corrected chi connectivity index (χ1v) is 11.9. The molecular formula is C23H35N5O8. The monoisotopic (exact) mass is 509 g/mol. The van der Waals surface area contributed by atoms with Crippen LogP contribution in [0.5, 0.6) is 0 Å². The highest BCUT2D eigenvalue weighted by atomic mass is 16.6. The molecule has 1 aromatic rings. The lowest BCUT2D eigenvalue weighted by Crippen LogP contribution is -2.44. The summed E-state index contributed by atoms with van der Waals surface area (Å²) in [5.41, 5.74) is 0.895. The Hall–Kier alpha value is -3.13. The number of aliphatic carboxylic acids is 3. The van der Waals surface area contributed by atoms with Crippen LogP contribution in [-0.2, 0) is 20.9 Å². The van der Waals surface area contributed by atoms with Crippen LogP contribution < -0.4 is 0 Å². The summed E-state index contributed by atoms with van der Waals surface area (Å²) in [7, 11) is 0. The van der Waals surface area contributed by atoms with Crippen molar-refractivity contribution in [2.45, 2.75) is 19.4 Å². The quantitative estimate of drug-likeness (QED) is 0.309. The number of carbonyl (C=O) groups is 3. The van der Waals surface area contributed by atoms with E-state index < -0.39 is 22.8 Å². The molecule has 3 N–H and O–H groups in total. The van der Waals surface area contributed by atoms with E-state index in [1.54, 1.807) is 21.9 Å². The van der Waals surface area contributed by atoms with Crippen LogP contribution in [0.2, 0.25) is 0 Å². The van der Waals surface area contributed by atoms with Crippen LogP contribution in [0.25, 0.3) is 0 Å². The van der Waals surface area contributed by atoms with Crippen LogP contribution in [0.3, 0.4) is 0 Å². The van der Waals surface area contributed by atoms with Crippen LogP contribution in [0, 0.1) is 10.1 Å². The Balaban J connectivity index is 2.14. The third-order valence-electron chi connectivity index (χ3n) is 5.99. The summed E-state index contributed by atoms with van der Waals surface area (Å²) in [6.45, 7) is 3.97. The van der Waals surface area contributed by atoms with E-state index in [1.165, 1.54) is 12.1 Å². The van der Waals surface area contributed by atoms with E-state index in [0.717, 1.165) is 5.56 Å². The summed E-state index contributed by atoms with van der Waals surface area (Å²) < 4.78 is 0. The van der Waals surface area contributed by atoms with Gasteiger partial charge in [0.2, 0.25) is 0 Å². The Morgan fingerprint density at radius 1 is 0.667 bits per heavy atom. The van der Waals surface area contributed by atoms with Gasteiger partial charge in [-0.3, -0.25) is 44.1 Å². The van der Waals surface area contributed by atoms with Gasteiger partial charge in [0, 0.05) is 64.5 Å². The van der Waals surface area contributed by atoms with Gasteiger partial charge in [0.1, 0.15) is 0 Å². The minimum Gasteiger partial charge on any atom is -0.480 e. The number of hydrogen-bond acceptors (Lipinski definition) is 9. The number of carboxylic acid groups (broad SMARTS) is 3. The third kappa shape index (κ3) is 11.5. The van der Waals surface area contributed by atoms with Crippen molar-refractivity contribution in [3.63, 3.8) is 0 Å². The van der Waals surface area contributed by atoms with Crippen molar-refractivity contribution in [1.82, 2.24) is 19.6 Å². The van der Waals surface area contributed by atoms with Gasteiger partial charge < -0.3 is 15.3 Å². The maximum absolute atomic E-state index is 11.4. The molecule has 0 saturated carbocycles. The molecule has 0 unspecified atom stereocenters. The molecule has 0 amide bonds. The van der Waals surface area contributed by atoms with E-state index >= 15 is 0 Å². The van der Waals surface area contributed by atoms with E-state index in [-0.39, 0.29) is 25.3 Å². The maximum Gasteiger partial charge on any atom is 0.317 e. The van der Waals surface area contributed by atoms with Gasteiger partial charge in [-0.1, -0.05) is 12.1 Å². The van der Waals surface area contributed by atoms with Gasteiger partial charge in [-0.05, 0) is 24.9 Å². The highest BCUT2D eigenvalue weighted by Crippen LogP contribution is 2.14. The molecule has 0 bridgehead atoms. The molecule has 1 aromatic carbocycles. The first-order valence-electron chi connectivity index (χ1n) is 11.9. The molecule has 0 aromatic heterocycles. The summed E-state index contributed by atoms with van der Waals surface area (Å²) in [5.74, 6) is -2.86. The zero-order valence-electron chi connectivity index (χ0n) is 20.3. The van der Waals surface area contributed by atoms with Crippen LogP contribution in [0.1, 0.15) is 18.4 Å². The van der Waals surface area contributed by atoms with E-state index in [0.29, 0.717) is 71.7 Å². The second-order valence-corrected chi connectivity index (χ2v) is 8.92. The molecule has 0 radical (unpaired) electrons. The fourth-order valence-electron chi connectivity index (χ4n) is 4.24. The number of hydrogen-bond donors (Lipinski definition) is 3. The number of benzene rings is 1. The van der Waals surface area contributed by atoms with Crippen molar-refractivity contribution in [3.8, 4) is 0 Å². The molecular weight excluding hydrogens is 474 g/mol. The minimum atomic E-state index is -0.967. The highest BCUT2D eigenvalue weighted by Gasteiger charge is 2.18. The molecule has 0 atom stereocenters. The predicted octanol–water partition coefficient (Wildman–Crippen LogP) is 0.350. The number of non-ortho nitro benzene ring substituents is 1. The summed E-state index contributed by atoms with van der Waals surface area (Å²) in [6, 6.07) is 6.31. The zero-order valence-corrected chi connectivity index (χ0v) is 20.3. The van der Waals surface area contributed by atoms with Gasteiger partial charge in [0.25, 0.3) is 5.69 Å². The number of nitro groups is 1. The van der Waals surface area contributed by atoms with E-state index in [4.69, 9.17) is 0 Å². The lowest BCUT2D eigenvalue weighted by Gasteiger charge is -2.30. The molecule has 0 aliphatic carbocycles. The number of rotatable bonds is 9. The van der Waals surface area contributed by atoms with Crippen LogP contribution in [0.15, 0.2) is 24.3 Å². The van der Waals surface area contributed by atoms with Crippen molar-refractivity contribution in [3.05, 3.63) is 39.9 Å². The van der Waals surface area contributed by atoms with E-state index in [1.807, 2.05) is 4.90 Å². The molecule has 36 heavy (non-hydrogen) atoms. The molecule has 1 aliphatic rings. The summed E-state index contributed by atoms with van der Waals surface area (Å²) in [4.78, 5) is 52.0. The average molecular weight is 510 g/mol. The minimum absolute atomic E-state index is 0.00800. The highest BCUT2D eigenvalue weighted by molar-refractivity contribution is 5.69. The maximum atomic E-state index is 11.4. The Kier molecular flexibility index (Phi) is 12.2. The molecule has 1 fully saturated rings. The summed E-state index contributed by atoms with van der Waals surface area (Å²) in [5, 5.41) is 38.8. The molecule has 13 heteroatoms. The standard InChI is InChI=1S/C23H35N5O8/c29-21(30)16-25-9-2-10-27(18-23(33)34)14-13-26(17-22(31)32)8-1-7-24(11-12-25)15-19-3-5-20(6-4-19)28(35)36/h3-6H,1-2,7-18H2,(H,29,30)(H,31,32)(H,33,34). The van der Waals surface area contributed by atoms with Gasteiger partial charge in [-0.15, -0.1) is 0 Å². The molecule has 200 valence electrons. The van der Waals surface area contributed by atoms with Crippen LogP contribution in [-0.4, -0.2) is 130 Å². The molecule has 13 nitrogen and oxygen atoms in total. The molecule has 1 saturated heterocycles. The SMILES string of the molecule is O=C(O)CN1CCCN(CC(=O)O)CCN(Cc2ccc([N+](=O)[O-])cc2)CCCN(CC(=O)O)CC1. The Morgan fingerprint density at radius 2 is 1.03 bits per heavy atom. The lowest BCUT2D eigenvalue weighted by molar-refractivity contribution is -0.384. The fraction of sp³-hybridized carbons (Fsp3) is 0.609. The number of nitrogens with zero attached hydrogens (tertiary/aromatic N) is 5. The van der Waals surface area contributed by atoms with Gasteiger partial charge in [0.15, 0.2) is 0 Å². The predicted molar refractivity (Wildman–Crippen MR) is 130 cm³/mol. The molecule has 2 rings (SSSR count). The largest absolute Gasteiger partial charge is 0.480 e. The molecule has 1 heterocycles. The lowest BCUT2D eigenvalue weighted by atomic mass is 10.2. The van der Waals surface area contributed by atoms with E-state index in [9.17, 15) is 39.8 Å². The molecule has 0 spiro atoms. The molecule has 1 aliphatic heterocycles. The van der Waals surface area contributed by atoms with Crippen molar-refractivity contribution in [1.29, 1.82) is 0 Å². The fourth-order valence-corrected chi connectivity index (χ4v) is 4.24. The van der Waals surface area contributed by atoms with Crippen LogP contribution >= 0.6 is 0 Å². The van der Waals surface area contributed by atoms with Gasteiger partial charge in [-0.2, -0.15) is 0 Å². The smallest absolute Gasteiger partial charge is 0.317 e. The van der Waals surface area contributed by atoms with Crippen molar-refractivity contribution >= 4 is 23.6 Å². The second-order valence-electron chi connectivity index (χ2n) is 8.92. The Bertz CT molecular complexity index is 882. The third-order valence-corrected chi connectivity index (χ3v) is 5.99. The Labute approximate surface area is 209 Å². The first kappa shape index (κ1) is 29.1. The number of nitro benzene ring substituents is 1. The Morgan fingerprint density at radius 3 is 1.39 bits per heavy atom. The summed E-state index contributed by atoms with van der Waals surface area (Å²) in [6.07, 6.45) is 1.22. The van der Waals surface area contributed by atoms with Gasteiger partial charge >= 0.3 is 17.9 Å². The number of carboxylic acids is 3. The normalized spacial score (nSPS) is 18.3. The zero-order chi connectivity index (χ0) is 26.5. The second kappa shape index (κ2) is 15.1. The summed E-state index contributed by atoms with van der Waals surface area (Å²) >= 11 is 0. The van der Waals surface area contributed by atoms with Crippen molar-refractivity contribution < 1.29 is 34.6 Å². The van der Waals surface area contributed by atoms with Crippen molar-refractivity contribution in [2.24, 2.45) is 0 Å². The first-order chi connectivity index (χ1) is 17.1. The van der Waals surface area contributed by atoms with Gasteiger partial charge in [0.05, 0.1) is 24.6 Å². The van der Waals surface area contributed by atoms with Gasteiger partial charge in [-0.25, -0.2) is 0 Å². The topological polar surface area (TPSA) is 168 Å². The van der Waals surface area contributed by atoms with E-state index in [2.05, 4.69) is 4.90 Å².